The summed E-state index contributed by atoms with van der Waals surface area (Å²) in [5.41, 5.74) is 0.718. The van der Waals surface area contributed by atoms with Crippen LogP contribution in [0.4, 0.5) is 4.39 Å². The third-order valence-electron chi connectivity index (χ3n) is 3.73. The largest absolute Gasteiger partial charge is 0.492 e. The molecule has 0 bridgehead atoms. The topological polar surface area (TPSA) is 42.7 Å². The average Bonchev–Trinajstić information content (AvgIpc) is 3.12. The number of halogens is 1. The first-order valence-electron chi connectivity index (χ1n) is 7.92. The minimum Gasteiger partial charge on any atom is -0.492 e. The highest BCUT2D eigenvalue weighted by molar-refractivity contribution is 5.91. The molecule has 0 aliphatic carbocycles. The predicted octanol–water partition coefficient (Wildman–Crippen LogP) is 4.24. The Kier molecular flexibility index (Phi) is 5.14. The van der Waals surface area contributed by atoms with E-state index < -0.39 is 0 Å². The standard InChI is InChI=1S/C20H18FNO3/c1-22(13-14-24-17-5-3-2-4-6-17)20(23)19-12-11-18(25-19)15-7-9-16(21)10-8-15/h2-12H,13-14H2,1H3. The second-order valence-corrected chi connectivity index (χ2v) is 5.56. The first kappa shape index (κ1) is 16.8. The molecule has 1 amide bonds. The van der Waals surface area contributed by atoms with E-state index in [2.05, 4.69) is 0 Å². The van der Waals surface area contributed by atoms with Crippen molar-refractivity contribution in [2.24, 2.45) is 0 Å². The number of amides is 1. The number of nitrogens with zero attached hydrogens (tertiary/aromatic N) is 1. The minimum atomic E-state index is -0.315. The number of ether oxygens (including phenoxy) is 1. The third-order valence-corrected chi connectivity index (χ3v) is 3.73. The molecule has 0 unspecified atom stereocenters. The maximum absolute atomic E-state index is 13.0. The maximum atomic E-state index is 13.0. The summed E-state index contributed by atoms with van der Waals surface area (Å²) in [6.45, 7) is 0.818. The van der Waals surface area contributed by atoms with Crippen molar-refractivity contribution in [3.05, 3.63) is 78.3 Å². The highest BCUT2D eigenvalue weighted by atomic mass is 19.1. The lowest BCUT2D eigenvalue weighted by atomic mass is 10.2. The van der Waals surface area contributed by atoms with Gasteiger partial charge in [0.2, 0.25) is 0 Å². The van der Waals surface area contributed by atoms with Gasteiger partial charge in [0.25, 0.3) is 5.91 Å². The molecule has 128 valence electrons. The summed E-state index contributed by atoms with van der Waals surface area (Å²) in [7, 11) is 1.69. The molecule has 0 saturated carbocycles. The molecule has 1 aromatic heterocycles. The van der Waals surface area contributed by atoms with Gasteiger partial charge in [0.15, 0.2) is 5.76 Å². The number of likely N-dealkylation sites (N-methyl/N-ethyl adjacent to an activating group) is 1. The van der Waals surface area contributed by atoms with E-state index in [1.807, 2.05) is 30.3 Å². The summed E-state index contributed by atoms with van der Waals surface area (Å²) in [5, 5.41) is 0. The lowest BCUT2D eigenvalue weighted by Gasteiger charge is -2.16. The number of carbonyl (C=O) groups is 1. The molecule has 1 heterocycles. The molecule has 0 saturated heterocycles. The van der Waals surface area contributed by atoms with Crippen molar-refractivity contribution >= 4 is 5.91 Å². The fourth-order valence-corrected chi connectivity index (χ4v) is 2.33. The van der Waals surface area contributed by atoms with Crippen LogP contribution in [0.5, 0.6) is 5.75 Å². The number of para-hydroxylation sites is 1. The summed E-state index contributed by atoms with van der Waals surface area (Å²) >= 11 is 0. The van der Waals surface area contributed by atoms with Crippen LogP contribution in [0.3, 0.4) is 0 Å². The monoisotopic (exact) mass is 339 g/mol. The molecule has 4 nitrogen and oxygen atoms in total. The van der Waals surface area contributed by atoms with Crippen LogP contribution in [0.25, 0.3) is 11.3 Å². The van der Waals surface area contributed by atoms with Gasteiger partial charge in [-0.3, -0.25) is 4.79 Å². The van der Waals surface area contributed by atoms with Crippen molar-refractivity contribution in [3.63, 3.8) is 0 Å². The Balaban J connectivity index is 1.58. The third kappa shape index (κ3) is 4.26. The zero-order valence-corrected chi connectivity index (χ0v) is 13.8. The van der Waals surface area contributed by atoms with Gasteiger partial charge in [0.05, 0.1) is 6.54 Å². The van der Waals surface area contributed by atoms with E-state index >= 15 is 0 Å². The zero-order valence-electron chi connectivity index (χ0n) is 13.8. The number of furan rings is 1. The molecular weight excluding hydrogens is 321 g/mol. The molecule has 0 spiro atoms. The molecule has 0 aliphatic rings. The molecule has 0 radical (unpaired) electrons. The van der Waals surface area contributed by atoms with Gasteiger partial charge in [-0.05, 0) is 48.5 Å². The Labute approximate surface area is 145 Å². The molecule has 0 fully saturated rings. The van der Waals surface area contributed by atoms with E-state index in [0.717, 1.165) is 11.3 Å². The van der Waals surface area contributed by atoms with Gasteiger partial charge in [-0.2, -0.15) is 0 Å². The van der Waals surface area contributed by atoms with Gasteiger partial charge in [-0.15, -0.1) is 0 Å². The van der Waals surface area contributed by atoms with Crippen molar-refractivity contribution < 1.29 is 18.3 Å². The zero-order chi connectivity index (χ0) is 17.6. The number of hydrogen-bond donors (Lipinski definition) is 0. The number of hydrogen-bond acceptors (Lipinski definition) is 3. The van der Waals surface area contributed by atoms with Crippen LogP contribution in [0.1, 0.15) is 10.6 Å². The van der Waals surface area contributed by atoms with Crippen LogP contribution in [0.2, 0.25) is 0 Å². The highest BCUT2D eigenvalue weighted by Crippen LogP contribution is 2.23. The summed E-state index contributed by atoms with van der Waals surface area (Å²) in [4.78, 5) is 13.9. The molecule has 3 rings (SSSR count). The molecule has 5 heteroatoms. The Morgan fingerprint density at radius 1 is 1.04 bits per heavy atom. The van der Waals surface area contributed by atoms with Gasteiger partial charge in [-0.25, -0.2) is 4.39 Å². The second kappa shape index (κ2) is 7.66. The quantitative estimate of drug-likeness (QED) is 0.675. The molecule has 25 heavy (non-hydrogen) atoms. The van der Waals surface area contributed by atoms with E-state index in [0.29, 0.717) is 18.9 Å². The molecule has 0 aliphatic heterocycles. The van der Waals surface area contributed by atoms with Gasteiger partial charge >= 0.3 is 0 Å². The van der Waals surface area contributed by atoms with E-state index in [9.17, 15) is 9.18 Å². The first-order chi connectivity index (χ1) is 12.1. The summed E-state index contributed by atoms with van der Waals surface area (Å²) < 4.78 is 24.2. The smallest absolute Gasteiger partial charge is 0.289 e. The van der Waals surface area contributed by atoms with Crippen LogP contribution in [-0.2, 0) is 0 Å². The van der Waals surface area contributed by atoms with E-state index in [-0.39, 0.29) is 17.5 Å². The number of benzene rings is 2. The lowest BCUT2D eigenvalue weighted by molar-refractivity contribution is 0.0743. The van der Waals surface area contributed by atoms with Gasteiger partial charge < -0.3 is 14.1 Å². The fraction of sp³-hybridized carbons (Fsp3) is 0.150. The van der Waals surface area contributed by atoms with Crippen LogP contribution in [-0.4, -0.2) is 31.0 Å². The summed E-state index contributed by atoms with van der Waals surface area (Å²) in [6, 6.07) is 18.7. The predicted molar refractivity (Wildman–Crippen MR) is 93.0 cm³/mol. The normalized spacial score (nSPS) is 10.5. The average molecular weight is 339 g/mol. The molecular formula is C20H18FNO3. The van der Waals surface area contributed by atoms with E-state index in [1.165, 1.54) is 17.0 Å². The van der Waals surface area contributed by atoms with E-state index in [1.54, 1.807) is 31.3 Å². The van der Waals surface area contributed by atoms with Crippen LogP contribution < -0.4 is 4.74 Å². The van der Waals surface area contributed by atoms with Crippen molar-refractivity contribution in [1.82, 2.24) is 4.90 Å². The lowest BCUT2D eigenvalue weighted by Crippen LogP contribution is -2.30. The number of rotatable bonds is 6. The SMILES string of the molecule is CN(CCOc1ccccc1)C(=O)c1ccc(-c2ccc(F)cc2)o1. The van der Waals surface area contributed by atoms with Crippen molar-refractivity contribution in [2.75, 3.05) is 20.2 Å². The van der Waals surface area contributed by atoms with Crippen LogP contribution in [0.15, 0.2) is 71.1 Å². The molecule has 3 aromatic rings. The van der Waals surface area contributed by atoms with Crippen LogP contribution in [0, 0.1) is 5.82 Å². The number of carbonyl (C=O) groups excluding carboxylic acids is 1. The molecule has 0 N–H and O–H groups in total. The minimum absolute atomic E-state index is 0.231. The molecule has 0 atom stereocenters. The summed E-state index contributed by atoms with van der Waals surface area (Å²) in [6.07, 6.45) is 0. The Morgan fingerprint density at radius 2 is 1.76 bits per heavy atom. The van der Waals surface area contributed by atoms with Crippen molar-refractivity contribution in [2.45, 2.75) is 0 Å². The Hall–Kier alpha value is -3.08. The van der Waals surface area contributed by atoms with Crippen LogP contribution >= 0.6 is 0 Å². The molecule has 2 aromatic carbocycles. The Morgan fingerprint density at radius 3 is 2.48 bits per heavy atom. The second-order valence-electron chi connectivity index (χ2n) is 5.56. The Bertz CT molecular complexity index is 828. The maximum Gasteiger partial charge on any atom is 0.289 e. The van der Waals surface area contributed by atoms with Gasteiger partial charge in [0, 0.05) is 12.6 Å². The van der Waals surface area contributed by atoms with Crippen molar-refractivity contribution in [3.8, 4) is 17.1 Å². The first-order valence-corrected chi connectivity index (χ1v) is 7.92. The van der Waals surface area contributed by atoms with Gasteiger partial charge in [-0.1, -0.05) is 18.2 Å². The van der Waals surface area contributed by atoms with Crippen molar-refractivity contribution in [1.29, 1.82) is 0 Å². The van der Waals surface area contributed by atoms with Gasteiger partial charge in [0.1, 0.15) is 23.9 Å². The summed E-state index contributed by atoms with van der Waals surface area (Å²) in [5.74, 6) is 0.980. The fourth-order valence-electron chi connectivity index (χ4n) is 2.33. The van der Waals surface area contributed by atoms with E-state index in [4.69, 9.17) is 9.15 Å². The highest BCUT2D eigenvalue weighted by Gasteiger charge is 2.16.